The van der Waals surface area contributed by atoms with E-state index in [0.717, 1.165) is 21.5 Å². The van der Waals surface area contributed by atoms with Crippen LogP contribution in [0.3, 0.4) is 0 Å². The molecule has 8 heteroatoms. The lowest BCUT2D eigenvalue weighted by Gasteiger charge is -2.33. The Hall–Kier alpha value is -2.35. The van der Waals surface area contributed by atoms with Gasteiger partial charge in [-0.1, -0.05) is 23.9 Å². The summed E-state index contributed by atoms with van der Waals surface area (Å²) in [4.78, 5) is 7.65. The van der Waals surface area contributed by atoms with Crippen LogP contribution in [0, 0.1) is 0 Å². The largest absolute Gasteiger partial charge is 0.416 e. The molecule has 0 amide bonds. The number of aliphatic imine (C=N–C) groups is 1. The van der Waals surface area contributed by atoms with Crippen molar-refractivity contribution in [2.24, 2.45) is 16.5 Å². The Morgan fingerprint density at radius 2 is 1.76 bits per heavy atom. The fraction of sp³-hybridized carbons (Fsp3) is 0.235. The Morgan fingerprint density at radius 1 is 1.04 bits per heavy atom. The van der Waals surface area contributed by atoms with Crippen molar-refractivity contribution in [3.63, 3.8) is 0 Å². The van der Waals surface area contributed by atoms with Gasteiger partial charge in [0, 0.05) is 22.9 Å². The third-order valence-electron chi connectivity index (χ3n) is 3.79. The maximum Gasteiger partial charge on any atom is 0.416 e. The van der Waals surface area contributed by atoms with E-state index in [4.69, 9.17) is 11.5 Å². The lowest BCUT2D eigenvalue weighted by molar-refractivity contribution is -0.137. The van der Waals surface area contributed by atoms with Gasteiger partial charge >= 0.3 is 6.18 Å². The summed E-state index contributed by atoms with van der Waals surface area (Å²) in [7, 11) is 0. The topological polar surface area (TPSA) is 67.6 Å². The Morgan fingerprint density at radius 3 is 2.48 bits per heavy atom. The molecule has 0 saturated heterocycles. The van der Waals surface area contributed by atoms with Gasteiger partial charge in [-0.3, -0.25) is 4.99 Å². The van der Waals surface area contributed by atoms with Gasteiger partial charge < -0.3 is 16.4 Å². The van der Waals surface area contributed by atoms with Crippen molar-refractivity contribution in [1.82, 2.24) is 0 Å². The van der Waals surface area contributed by atoms with Crippen molar-refractivity contribution in [3.05, 3.63) is 48.0 Å². The first-order valence-corrected chi connectivity index (χ1v) is 8.49. The van der Waals surface area contributed by atoms with Gasteiger partial charge in [0.2, 0.25) is 0 Å². The van der Waals surface area contributed by atoms with E-state index in [2.05, 4.69) is 4.99 Å². The van der Waals surface area contributed by atoms with E-state index < -0.39 is 11.7 Å². The minimum atomic E-state index is -4.37. The van der Waals surface area contributed by atoms with Crippen LogP contribution in [0.1, 0.15) is 12.0 Å². The average Bonchev–Trinajstić information content (AvgIpc) is 2.56. The normalized spacial score (nSPS) is 13.2. The van der Waals surface area contributed by atoms with Crippen LogP contribution in [0.15, 0.2) is 57.2 Å². The number of benzene rings is 2. The van der Waals surface area contributed by atoms with Gasteiger partial charge in [-0.2, -0.15) is 13.2 Å². The molecule has 0 aromatic heterocycles. The predicted molar refractivity (Wildman–Crippen MR) is 94.3 cm³/mol. The highest BCUT2D eigenvalue weighted by Crippen LogP contribution is 2.49. The van der Waals surface area contributed by atoms with Gasteiger partial charge in [0.25, 0.3) is 0 Å². The number of anilines is 2. The Balaban J connectivity index is 1.96. The van der Waals surface area contributed by atoms with Gasteiger partial charge in [0.1, 0.15) is 0 Å². The van der Waals surface area contributed by atoms with Crippen molar-refractivity contribution >= 4 is 29.1 Å². The van der Waals surface area contributed by atoms with Crippen LogP contribution in [-0.4, -0.2) is 19.0 Å². The number of hydrogen-bond donors (Lipinski definition) is 2. The second-order valence-electron chi connectivity index (χ2n) is 5.56. The zero-order valence-corrected chi connectivity index (χ0v) is 14.1. The van der Waals surface area contributed by atoms with E-state index in [1.54, 1.807) is 0 Å². The molecule has 132 valence electrons. The highest BCUT2D eigenvalue weighted by atomic mass is 32.2. The zero-order valence-electron chi connectivity index (χ0n) is 13.3. The quantitative estimate of drug-likeness (QED) is 0.488. The van der Waals surface area contributed by atoms with E-state index in [-0.39, 0.29) is 5.96 Å². The summed E-state index contributed by atoms with van der Waals surface area (Å²) in [6.07, 6.45) is -3.76. The lowest BCUT2D eigenvalue weighted by atomic mass is 10.1. The van der Waals surface area contributed by atoms with Crippen LogP contribution >= 0.6 is 11.8 Å². The highest BCUT2D eigenvalue weighted by Gasteiger charge is 2.33. The molecule has 25 heavy (non-hydrogen) atoms. The van der Waals surface area contributed by atoms with Gasteiger partial charge in [0.15, 0.2) is 5.96 Å². The summed E-state index contributed by atoms with van der Waals surface area (Å²) in [5.41, 5.74) is 11.4. The number of rotatable bonds is 4. The number of nitrogens with two attached hydrogens (primary N) is 2. The number of halogens is 3. The molecule has 0 atom stereocenters. The molecule has 0 saturated carbocycles. The Bertz CT molecular complexity index is 801. The van der Waals surface area contributed by atoms with E-state index in [1.165, 1.54) is 23.9 Å². The second kappa shape index (κ2) is 6.87. The van der Waals surface area contributed by atoms with Crippen LogP contribution in [-0.2, 0) is 6.18 Å². The van der Waals surface area contributed by atoms with Crippen molar-refractivity contribution in [1.29, 1.82) is 0 Å². The maximum atomic E-state index is 13.1. The Kier molecular flexibility index (Phi) is 4.80. The highest BCUT2D eigenvalue weighted by molar-refractivity contribution is 7.99. The molecule has 3 rings (SSSR count). The minimum Gasteiger partial charge on any atom is -0.370 e. The third-order valence-corrected chi connectivity index (χ3v) is 4.92. The summed E-state index contributed by atoms with van der Waals surface area (Å²) in [5.74, 6) is 0.00866. The predicted octanol–water partition coefficient (Wildman–Crippen LogP) is 3.97. The first kappa shape index (κ1) is 17.5. The van der Waals surface area contributed by atoms with Crippen LogP contribution < -0.4 is 16.4 Å². The summed E-state index contributed by atoms with van der Waals surface area (Å²) < 4.78 is 39.3. The summed E-state index contributed by atoms with van der Waals surface area (Å²) in [5, 5.41) is 0. The number of nitrogens with zero attached hydrogens (tertiary/aromatic N) is 2. The number of para-hydroxylation sites is 1. The molecule has 0 bridgehead atoms. The lowest BCUT2D eigenvalue weighted by Crippen LogP contribution is -2.25. The molecule has 1 aliphatic heterocycles. The molecule has 4 nitrogen and oxygen atoms in total. The molecular formula is C17H17F3N4S. The molecular weight excluding hydrogens is 349 g/mol. The molecule has 2 aromatic carbocycles. The number of fused-ring (bicyclic) bond motifs is 2. The van der Waals surface area contributed by atoms with Gasteiger partial charge in [-0.25, -0.2) is 0 Å². The first-order chi connectivity index (χ1) is 11.9. The van der Waals surface area contributed by atoms with Crippen LogP contribution in [0.2, 0.25) is 0 Å². The molecule has 0 aliphatic carbocycles. The maximum absolute atomic E-state index is 13.1. The third kappa shape index (κ3) is 3.84. The summed E-state index contributed by atoms with van der Waals surface area (Å²) in [6, 6.07) is 11.5. The fourth-order valence-corrected chi connectivity index (χ4v) is 3.76. The molecule has 0 spiro atoms. The van der Waals surface area contributed by atoms with Gasteiger partial charge in [-0.05, 0) is 36.8 Å². The fourth-order valence-electron chi connectivity index (χ4n) is 2.68. The van der Waals surface area contributed by atoms with Crippen LogP contribution in [0.4, 0.5) is 24.5 Å². The molecule has 0 unspecified atom stereocenters. The first-order valence-electron chi connectivity index (χ1n) is 7.67. The number of guanidine groups is 1. The molecule has 4 N–H and O–H groups in total. The van der Waals surface area contributed by atoms with E-state index >= 15 is 0 Å². The minimum absolute atomic E-state index is 0.00866. The zero-order chi connectivity index (χ0) is 18.0. The number of hydrogen-bond acceptors (Lipinski definition) is 3. The van der Waals surface area contributed by atoms with E-state index in [0.29, 0.717) is 25.2 Å². The van der Waals surface area contributed by atoms with Crippen molar-refractivity contribution in [2.45, 2.75) is 22.4 Å². The molecule has 1 aliphatic rings. The second-order valence-corrected chi connectivity index (χ2v) is 6.65. The standard InChI is InChI=1S/C17H17F3N4S/c18-17(19,20)11-6-7-15-13(10-11)24(9-3-8-23-16(21)22)12-4-1-2-5-14(12)25-15/h1-2,4-7,10H,3,8-9H2,(H4,21,22,23). The smallest absolute Gasteiger partial charge is 0.370 e. The SMILES string of the molecule is NC(N)=NCCCN1c2ccccc2Sc2ccc(C(F)(F)F)cc21. The average molecular weight is 366 g/mol. The molecule has 0 radical (unpaired) electrons. The summed E-state index contributed by atoms with van der Waals surface area (Å²) in [6.45, 7) is 0.936. The Labute approximate surface area is 147 Å². The van der Waals surface area contributed by atoms with Crippen molar-refractivity contribution < 1.29 is 13.2 Å². The van der Waals surface area contributed by atoms with Crippen LogP contribution in [0.5, 0.6) is 0 Å². The molecule has 2 aromatic rings. The van der Waals surface area contributed by atoms with E-state index in [9.17, 15) is 13.2 Å². The van der Waals surface area contributed by atoms with E-state index in [1.807, 2.05) is 29.2 Å². The monoisotopic (exact) mass is 366 g/mol. The summed E-state index contributed by atoms with van der Waals surface area (Å²) >= 11 is 1.47. The number of alkyl halides is 3. The van der Waals surface area contributed by atoms with Gasteiger partial charge in [-0.15, -0.1) is 0 Å². The van der Waals surface area contributed by atoms with Crippen LogP contribution in [0.25, 0.3) is 0 Å². The van der Waals surface area contributed by atoms with Crippen molar-refractivity contribution in [2.75, 3.05) is 18.0 Å². The molecule has 1 heterocycles. The molecule has 0 fully saturated rings. The van der Waals surface area contributed by atoms with Crippen molar-refractivity contribution in [3.8, 4) is 0 Å². The van der Waals surface area contributed by atoms with Gasteiger partial charge in [0.05, 0.1) is 16.9 Å².